The predicted molar refractivity (Wildman–Crippen MR) is 80.8 cm³/mol. The van der Waals surface area contributed by atoms with Gasteiger partial charge in [0.2, 0.25) is 0 Å². The van der Waals surface area contributed by atoms with Crippen LogP contribution in [0.3, 0.4) is 0 Å². The molecule has 0 aliphatic rings. The lowest BCUT2D eigenvalue weighted by Gasteiger charge is -2.12. The molecule has 2 rings (SSSR count). The van der Waals surface area contributed by atoms with E-state index in [2.05, 4.69) is 26.2 Å². The van der Waals surface area contributed by atoms with Gasteiger partial charge in [-0.2, -0.15) is 0 Å². The zero-order chi connectivity index (χ0) is 13.3. The van der Waals surface area contributed by atoms with E-state index in [1.807, 2.05) is 6.92 Å². The Kier molecular flexibility index (Phi) is 4.00. The van der Waals surface area contributed by atoms with Crippen LogP contribution in [0.25, 0.3) is 0 Å². The van der Waals surface area contributed by atoms with E-state index in [0.717, 1.165) is 10.0 Å². The van der Waals surface area contributed by atoms with Crippen LogP contribution in [0.15, 0.2) is 28.9 Å². The van der Waals surface area contributed by atoms with E-state index in [0.29, 0.717) is 27.2 Å². The molecule has 3 N–H and O–H groups in total. The molecule has 1 aromatic heterocycles. The van der Waals surface area contributed by atoms with Gasteiger partial charge in [0, 0.05) is 5.02 Å². The molecule has 1 heterocycles. The van der Waals surface area contributed by atoms with Gasteiger partial charge in [-0.3, -0.25) is 0 Å². The van der Waals surface area contributed by atoms with Crippen molar-refractivity contribution in [1.82, 2.24) is 4.98 Å². The smallest absolute Gasteiger partial charge is 0.145 e. The fraction of sp³-hybridized carbons (Fsp3) is 0.0833. The highest BCUT2D eigenvalue weighted by molar-refractivity contribution is 9.10. The van der Waals surface area contributed by atoms with Crippen LogP contribution in [-0.4, -0.2) is 4.98 Å². The van der Waals surface area contributed by atoms with Crippen molar-refractivity contribution < 1.29 is 0 Å². The van der Waals surface area contributed by atoms with Crippen LogP contribution in [0.4, 0.5) is 17.2 Å². The Hall–Kier alpha value is -0.970. The van der Waals surface area contributed by atoms with Gasteiger partial charge in [-0.15, -0.1) is 0 Å². The van der Waals surface area contributed by atoms with Crippen molar-refractivity contribution in [1.29, 1.82) is 0 Å². The number of benzene rings is 1. The molecule has 0 unspecified atom stereocenters. The highest BCUT2D eigenvalue weighted by Crippen LogP contribution is 2.33. The van der Waals surface area contributed by atoms with Gasteiger partial charge in [0.15, 0.2) is 0 Å². The number of nitrogens with one attached hydrogen (secondary N) is 1. The molecule has 0 bridgehead atoms. The maximum Gasteiger partial charge on any atom is 0.145 e. The van der Waals surface area contributed by atoms with E-state index in [-0.39, 0.29) is 0 Å². The number of nitrogen functional groups attached to an aromatic ring is 1. The minimum Gasteiger partial charge on any atom is -0.397 e. The average Bonchev–Trinajstić information content (AvgIpc) is 2.34. The number of halogens is 3. The predicted octanol–water partition coefficient (Wildman–Crippen LogP) is 4.79. The molecule has 0 radical (unpaired) electrons. The topological polar surface area (TPSA) is 50.9 Å². The second kappa shape index (κ2) is 5.34. The summed E-state index contributed by atoms with van der Waals surface area (Å²) in [7, 11) is 0. The minimum absolute atomic E-state index is 0.572. The Morgan fingerprint density at radius 1 is 1.33 bits per heavy atom. The Morgan fingerprint density at radius 2 is 2.06 bits per heavy atom. The Bertz CT molecular complexity index is 602. The van der Waals surface area contributed by atoms with Crippen molar-refractivity contribution in [3.8, 4) is 0 Å². The van der Waals surface area contributed by atoms with Crippen molar-refractivity contribution in [2.24, 2.45) is 0 Å². The van der Waals surface area contributed by atoms with Crippen molar-refractivity contribution in [3.05, 3.63) is 44.5 Å². The van der Waals surface area contributed by atoms with Gasteiger partial charge >= 0.3 is 0 Å². The number of anilines is 3. The molecule has 94 valence electrons. The molecule has 18 heavy (non-hydrogen) atoms. The Labute approximate surface area is 123 Å². The first-order chi connectivity index (χ1) is 8.49. The second-order valence-corrected chi connectivity index (χ2v) is 5.39. The van der Waals surface area contributed by atoms with E-state index in [9.17, 15) is 0 Å². The number of rotatable bonds is 2. The van der Waals surface area contributed by atoms with Crippen LogP contribution in [-0.2, 0) is 0 Å². The number of pyridine rings is 1. The molecule has 0 saturated carbocycles. The van der Waals surface area contributed by atoms with Gasteiger partial charge in [0.1, 0.15) is 5.82 Å². The largest absolute Gasteiger partial charge is 0.397 e. The van der Waals surface area contributed by atoms with Gasteiger partial charge in [-0.05, 0) is 46.6 Å². The van der Waals surface area contributed by atoms with Gasteiger partial charge in [-0.25, -0.2) is 4.98 Å². The molecule has 6 heteroatoms. The normalized spacial score (nSPS) is 10.4. The fourth-order valence-electron chi connectivity index (χ4n) is 1.40. The maximum atomic E-state index is 6.08. The molecular weight excluding hydrogens is 337 g/mol. The van der Waals surface area contributed by atoms with E-state index in [1.54, 1.807) is 24.4 Å². The summed E-state index contributed by atoms with van der Waals surface area (Å²) < 4.78 is 0.804. The summed E-state index contributed by atoms with van der Waals surface area (Å²) in [5.41, 5.74) is 8.02. The molecule has 0 aliphatic heterocycles. The first-order valence-corrected chi connectivity index (χ1v) is 6.66. The van der Waals surface area contributed by atoms with Crippen LogP contribution < -0.4 is 11.1 Å². The first-order valence-electron chi connectivity index (χ1n) is 5.11. The third-order valence-corrected chi connectivity index (χ3v) is 4.02. The lowest BCUT2D eigenvalue weighted by atomic mass is 10.2. The second-order valence-electron chi connectivity index (χ2n) is 3.75. The van der Waals surface area contributed by atoms with Gasteiger partial charge < -0.3 is 11.1 Å². The fourth-order valence-corrected chi connectivity index (χ4v) is 2.17. The number of aromatic nitrogens is 1. The Morgan fingerprint density at radius 3 is 2.78 bits per heavy atom. The molecule has 0 amide bonds. The SMILES string of the molecule is Cc1c(N)cnc(Nc2cc(Cl)ccc2Cl)c1Br. The summed E-state index contributed by atoms with van der Waals surface area (Å²) in [6.07, 6.45) is 1.60. The summed E-state index contributed by atoms with van der Waals surface area (Å²) in [5, 5.41) is 4.29. The molecule has 0 fully saturated rings. The van der Waals surface area contributed by atoms with Crippen LogP contribution in [0.5, 0.6) is 0 Å². The van der Waals surface area contributed by atoms with Gasteiger partial charge in [0.25, 0.3) is 0 Å². The number of hydrogen-bond acceptors (Lipinski definition) is 3. The summed E-state index contributed by atoms with van der Waals surface area (Å²) in [4.78, 5) is 4.22. The van der Waals surface area contributed by atoms with Crippen LogP contribution >= 0.6 is 39.1 Å². The molecular formula is C12H10BrCl2N3. The highest BCUT2D eigenvalue weighted by atomic mass is 79.9. The maximum absolute atomic E-state index is 6.08. The minimum atomic E-state index is 0.572. The van der Waals surface area contributed by atoms with Crippen molar-refractivity contribution in [2.45, 2.75) is 6.92 Å². The monoisotopic (exact) mass is 345 g/mol. The molecule has 0 atom stereocenters. The van der Waals surface area contributed by atoms with Crippen molar-refractivity contribution in [2.75, 3.05) is 11.1 Å². The lowest BCUT2D eigenvalue weighted by Crippen LogP contribution is -2.00. The van der Waals surface area contributed by atoms with E-state index < -0.39 is 0 Å². The van der Waals surface area contributed by atoms with Gasteiger partial charge in [-0.1, -0.05) is 23.2 Å². The molecule has 0 spiro atoms. The molecule has 0 aliphatic carbocycles. The summed E-state index contributed by atoms with van der Waals surface area (Å²) in [5.74, 6) is 0.644. The molecule has 3 nitrogen and oxygen atoms in total. The summed E-state index contributed by atoms with van der Waals surface area (Å²) >= 11 is 15.5. The first kappa shape index (κ1) is 13.5. The number of nitrogens with two attached hydrogens (primary N) is 1. The summed E-state index contributed by atoms with van der Waals surface area (Å²) in [6.45, 7) is 1.91. The molecule has 0 saturated heterocycles. The van der Waals surface area contributed by atoms with Gasteiger partial charge in [0.05, 0.1) is 27.1 Å². The zero-order valence-electron chi connectivity index (χ0n) is 9.47. The number of nitrogens with zero attached hydrogens (tertiary/aromatic N) is 1. The van der Waals surface area contributed by atoms with E-state index in [4.69, 9.17) is 28.9 Å². The summed E-state index contributed by atoms with van der Waals surface area (Å²) in [6, 6.07) is 5.19. The quantitative estimate of drug-likeness (QED) is 0.822. The standard InChI is InChI=1S/C12H10BrCl2N3/c1-6-9(16)5-17-12(11(6)13)18-10-4-7(14)2-3-8(10)15/h2-5H,16H2,1H3,(H,17,18). The molecule has 2 aromatic rings. The zero-order valence-corrected chi connectivity index (χ0v) is 12.6. The Balaban J connectivity index is 2.40. The average molecular weight is 347 g/mol. The van der Waals surface area contributed by atoms with Crippen LogP contribution in [0.2, 0.25) is 10.0 Å². The van der Waals surface area contributed by atoms with Crippen LogP contribution in [0, 0.1) is 6.92 Å². The van der Waals surface area contributed by atoms with E-state index in [1.165, 1.54) is 0 Å². The van der Waals surface area contributed by atoms with Crippen molar-refractivity contribution in [3.63, 3.8) is 0 Å². The number of hydrogen-bond donors (Lipinski definition) is 2. The third-order valence-electron chi connectivity index (χ3n) is 2.48. The highest BCUT2D eigenvalue weighted by Gasteiger charge is 2.09. The third kappa shape index (κ3) is 2.71. The van der Waals surface area contributed by atoms with Crippen molar-refractivity contribution >= 4 is 56.3 Å². The van der Waals surface area contributed by atoms with Crippen LogP contribution in [0.1, 0.15) is 5.56 Å². The molecule has 1 aromatic carbocycles. The van der Waals surface area contributed by atoms with E-state index >= 15 is 0 Å². The lowest BCUT2D eigenvalue weighted by molar-refractivity contribution is 1.25.